The van der Waals surface area contributed by atoms with Crippen molar-refractivity contribution in [3.05, 3.63) is 23.8 Å². The normalized spacial score (nSPS) is 14.4. The van der Waals surface area contributed by atoms with E-state index < -0.39 is 17.6 Å². The quantitative estimate of drug-likeness (QED) is 0.702. The molecule has 0 atom stereocenters. The number of nitrogens with zero attached hydrogens (tertiary/aromatic N) is 1. The topological polar surface area (TPSA) is 41.6 Å². The van der Waals surface area contributed by atoms with Crippen molar-refractivity contribution in [1.82, 2.24) is 4.90 Å². The van der Waals surface area contributed by atoms with E-state index in [1.54, 1.807) is 0 Å². The molecular weight excluding hydrogens is 385 g/mol. The van der Waals surface area contributed by atoms with E-state index in [0.29, 0.717) is 17.3 Å². The summed E-state index contributed by atoms with van der Waals surface area (Å²) in [5.41, 5.74) is -0.817. The number of benzene rings is 1. The number of hydrogen-bond acceptors (Lipinski definition) is 4. The van der Waals surface area contributed by atoms with Gasteiger partial charge in [-0.3, -0.25) is 4.79 Å². The summed E-state index contributed by atoms with van der Waals surface area (Å²) >= 11 is 6.50. The zero-order chi connectivity index (χ0) is 19.2. The summed E-state index contributed by atoms with van der Waals surface area (Å²) < 4.78 is 44.9. The number of rotatable bonds is 6. The molecule has 1 aliphatic heterocycles. The number of carbonyl (C=O) groups excluding carboxylic acids is 1. The number of ether oxygens (including phenoxy) is 1. The smallest absolute Gasteiger partial charge is 0.416 e. The number of likely N-dealkylation sites (tertiary alicyclic amines) is 1. The van der Waals surface area contributed by atoms with Gasteiger partial charge in [0.15, 0.2) is 0 Å². The lowest BCUT2D eigenvalue weighted by Crippen LogP contribution is -2.25. The first kappa shape index (κ1) is 20.8. The van der Waals surface area contributed by atoms with Crippen molar-refractivity contribution in [1.29, 1.82) is 0 Å². The monoisotopic (exact) mass is 406 g/mol. The fraction of sp³-hybridized carbons (Fsp3) is 0.529. The maximum atomic E-state index is 12.9. The van der Waals surface area contributed by atoms with E-state index in [2.05, 4.69) is 5.32 Å². The Balaban J connectivity index is 2.02. The molecule has 26 heavy (non-hydrogen) atoms. The van der Waals surface area contributed by atoms with Crippen LogP contribution in [-0.2, 0) is 11.0 Å². The Bertz CT molecular complexity index is 647. The van der Waals surface area contributed by atoms with Crippen LogP contribution in [0.4, 0.5) is 18.9 Å². The zero-order valence-corrected chi connectivity index (χ0v) is 16.0. The fourth-order valence-corrected chi connectivity index (χ4v) is 3.50. The number of halogens is 3. The molecule has 0 unspecified atom stereocenters. The number of anilines is 1. The summed E-state index contributed by atoms with van der Waals surface area (Å²) in [5, 5.41) is 2.51. The molecule has 4 nitrogen and oxygen atoms in total. The molecule has 1 amide bonds. The van der Waals surface area contributed by atoms with Gasteiger partial charge in [-0.1, -0.05) is 30.9 Å². The van der Waals surface area contributed by atoms with E-state index in [-0.39, 0.29) is 17.2 Å². The third-order valence-electron chi connectivity index (χ3n) is 3.73. The lowest BCUT2D eigenvalue weighted by molar-refractivity contribution is -0.137. The first-order valence-electron chi connectivity index (χ1n) is 8.37. The van der Waals surface area contributed by atoms with Crippen molar-refractivity contribution in [2.45, 2.75) is 32.4 Å². The molecule has 1 aromatic carbocycles. The second kappa shape index (κ2) is 9.45. The molecule has 1 N–H and O–H groups in total. The predicted octanol–water partition coefficient (Wildman–Crippen LogP) is 4.55. The molecule has 2 rings (SSSR count). The first-order chi connectivity index (χ1) is 12.3. The SMILES string of the molecule is CCCOc1ccc(C(F)(F)F)cc1NC(=O)CSC(=S)N1CCCC1. The van der Waals surface area contributed by atoms with Crippen LogP contribution in [0, 0.1) is 0 Å². The van der Waals surface area contributed by atoms with Crippen LogP contribution in [0.3, 0.4) is 0 Å². The lowest BCUT2D eigenvalue weighted by atomic mass is 10.1. The number of thiocarbonyl (C=S) groups is 1. The Hall–Kier alpha value is -1.48. The van der Waals surface area contributed by atoms with Gasteiger partial charge in [0.05, 0.1) is 23.6 Å². The summed E-state index contributed by atoms with van der Waals surface area (Å²) in [6.07, 6.45) is -1.63. The molecule has 1 saturated heterocycles. The molecule has 1 aliphatic rings. The highest BCUT2D eigenvalue weighted by atomic mass is 32.2. The minimum absolute atomic E-state index is 0.0194. The fourth-order valence-electron chi connectivity index (χ4n) is 2.45. The van der Waals surface area contributed by atoms with Gasteiger partial charge in [-0.25, -0.2) is 0 Å². The van der Waals surface area contributed by atoms with Gasteiger partial charge in [0, 0.05) is 13.1 Å². The second-order valence-electron chi connectivity index (χ2n) is 5.85. The largest absolute Gasteiger partial charge is 0.491 e. The van der Waals surface area contributed by atoms with E-state index >= 15 is 0 Å². The molecule has 1 heterocycles. The summed E-state index contributed by atoms with van der Waals surface area (Å²) in [4.78, 5) is 14.2. The third kappa shape index (κ3) is 6.05. The molecule has 144 valence electrons. The molecule has 9 heteroatoms. The number of alkyl halides is 3. The molecular formula is C17H21F3N2O2S2. The molecule has 0 aromatic heterocycles. The Morgan fingerprint density at radius 2 is 2.04 bits per heavy atom. The van der Waals surface area contributed by atoms with Crippen molar-refractivity contribution in [2.24, 2.45) is 0 Å². The lowest BCUT2D eigenvalue weighted by Gasteiger charge is -2.18. The van der Waals surface area contributed by atoms with Gasteiger partial charge >= 0.3 is 6.18 Å². The van der Waals surface area contributed by atoms with Gasteiger partial charge in [-0.2, -0.15) is 13.2 Å². The van der Waals surface area contributed by atoms with Gasteiger partial charge in [0.25, 0.3) is 0 Å². The number of carbonyl (C=O) groups is 1. The summed E-state index contributed by atoms with van der Waals surface area (Å²) in [6.45, 7) is 4.01. The van der Waals surface area contributed by atoms with Crippen LogP contribution in [0.2, 0.25) is 0 Å². The molecule has 1 aromatic rings. The Morgan fingerprint density at radius 3 is 2.65 bits per heavy atom. The van der Waals surface area contributed by atoms with Crippen LogP contribution in [0.5, 0.6) is 5.75 Å². The minimum atomic E-state index is -4.49. The van der Waals surface area contributed by atoms with E-state index in [9.17, 15) is 18.0 Å². The summed E-state index contributed by atoms with van der Waals surface area (Å²) in [7, 11) is 0. The average Bonchev–Trinajstić information content (AvgIpc) is 3.12. The van der Waals surface area contributed by atoms with Crippen LogP contribution in [0.1, 0.15) is 31.7 Å². The highest BCUT2D eigenvalue weighted by Gasteiger charge is 2.31. The van der Waals surface area contributed by atoms with Gasteiger partial charge in [-0.05, 0) is 37.5 Å². The molecule has 0 saturated carbocycles. The van der Waals surface area contributed by atoms with E-state index in [4.69, 9.17) is 17.0 Å². The Labute approximate surface area is 160 Å². The minimum Gasteiger partial charge on any atom is -0.491 e. The van der Waals surface area contributed by atoms with Gasteiger partial charge in [0.1, 0.15) is 10.1 Å². The van der Waals surface area contributed by atoms with Crippen molar-refractivity contribution in [2.75, 3.05) is 30.8 Å². The first-order valence-corrected chi connectivity index (χ1v) is 9.76. The van der Waals surface area contributed by atoms with Crippen LogP contribution in [0.25, 0.3) is 0 Å². The van der Waals surface area contributed by atoms with E-state index in [1.165, 1.54) is 17.8 Å². The van der Waals surface area contributed by atoms with Crippen molar-refractivity contribution < 1.29 is 22.7 Å². The molecule has 0 radical (unpaired) electrons. The molecule has 1 fully saturated rings. The van der Waals surface area contributed by atoms with Gasteiger partial charge in [0.2, 0.25) is 5.91 Å². The van der Waals surface area contributed by atoms with Crippen LogP contribution in [0.15, 0.2) is 18.2 Å². The van der Waals surface area contributed by atoms with Gasteiger partial charge < -0.3 is 15.0 Å². The second-order valence-corrected chi connectivity index (χ2v) is 7.46. The Morgan fingerprint density at radius 1 is 1.35 bits per heavy atom. The van der Waals surface area contributed by atoms with Crippen molar-refractivity contribution in [3.63, 3.8) is 0 Å². The predicted molar refractivity (Wildman–Crippen MR) is 102 cm³/mol. The third-order valence-corrected chi connectivity index (χ3v) is 5.26. The maximum absolute atomic E-state index is 12.9. The standard InChI is InChI=1S/C17H21F3N2O2S2/c1-2-9-24-14-6-5-12(17(18,19)20)10-13(14)21-15(23)11-26-16(25)22-7-3-4-8-22/h5-6,10H,2-4,7-9,11H2,1H3,(H,21,23). The highest BCUT2D eigenvalue weighted by Crippen LogP contribution is 2.35. The van der Waals surface area contributed by atoms with Gasteiger partial charge in [-0.15, -0.1) is 0 Å². The molecule has 0 bridgehead atoms. The van der Waals surface area contributed by atoms with Crippen LogP contribution >= 0.6 is 24.0 Å². The number of nitrogens with one attached hydrogen (secondary N) is 1. The van der Waals surface area contributed by atoms with Crippen molar-refractivity contribution in [3.8, 4) is 5.75 Å². The van der Waals surface area contributed by atoms with Crippen LogP contribution < -0.4 is 10.1 Å². The molecule has 0 aliphatic carbocycles. The number of amides is 1. The highest BCUT2D eigenvalue weighted by molar-refractivity contribution is 8.23. The molecule has 0 spiro atoms. The zero-order valence-electron chi connectivity index (χ0n) is 14.4. The van der Waals surface area contributed by atoms with E-state index in [0.717, 1.165) is 38.1 Å². The summed E-state index contributed by atoms with van der Waals surface area (Å²) in [6, 6.07) is 3.07. The number of hydrogen-bond donors (Lipinski definition) is 1. The number of thioether (sulfide) groups is 1. The van der Waals surface area contributed by atoms with Crippen LogP contribution in [-0.4, -0.2) is 40.6 Å². The average molecular weight is 406 g/mol. The van der Waals surface area contributed by atoms with E-state index in [1.807, 2.05) is 11.8 Å². The van der Waals surface area contributed by atoms with Crippen molar-refractivity contribution >= 4 is 39.9 Å². The maximum Gasteiger partial charge on any atom is 0.416 e. The Kier molecular flexibility index (Phi) is 7.57. The summed E-state index contributed by atoms with van der Waals surface area (Å²) in [5.74, 6) is -0.156.